The molecule has 0 spiro atoms. The van der Waals surface area contributed by atoms with Crippen LogP contribution < -0.4 is 5.32 Å². The second-order valence-electron chi connectivity index (χ2n) is 5.23. The van der Waals surface area contributed by atoms with E-state index in [1.165, 1.54) is 12.5 Å². The fourth-order valence-corrected chi connectivity index (χ4v) is 3.58. The number of fused-ring (bicyclic) bond motifs is 1. The van der Waals surface area contributed by atoms with Crippen molar-refractivity contribution in [2.45, 2.75) is 18.9 Å². The van der Waals surface area contributed by atoms with Gasteiger partial charge in [-0.05, 0) is 46.8 Å². The SMILES string of the molecule is O=C(c1cccc(F)c1Br)N1CCCC2CNCC21. The summed E-state index contributed by atoms with van der Waals surface area (Å²) in [6.07, 6.45) is 2.20. The largest absolute Gasteiger partial charge is 0.334 e. The Labute approximate surface area is 120 Å². The standard InChI is InChI=1S/C14H16BrFN2O/c15-13-10(4-1-5-11(13)16)14(19)18-6-2-3-9-7-17-8-12(9)18/h1,4-5,9,12,17H,2-3,6-8H2. The van der Waals surface area contributed by atoms with Gasteiger partial charge in [-0.25, -0.2) is 4.39 Å². The molecule has 5 heteroatoms. The smallest absolute Gasteiger partial charge is 0.255 e. The third kappa shape index (κ3) is 2.30. The number of nitrogens with one attached hydrogen (secondary N) is 1. The number of carbonyl (C=O) groups is 1. The molecule has 0 aliphatic carbocycles. The zero-order valence-corrected chi connectivity index (χ0v) is 12.1. The molecule has 2 unspecified atom stereocenters. The van der Waals surface area contributed by atoms with Crippen molar-refractivity contribution in [1.82, 2.24) is 10.2 Å². The van der Waals surface area contributed by atoms with Gasteiger partial charge in [-0.1, -0.05) is 6.07 Å². The van der Waals surface area contributed by atoms with Crippen LogP contribution >= 0.6 is 15.9 Å². The van der Waals surface area contributed by atoms with E-state index in [2.05, 4.69) is 21.2 Å². The van der Waals surface area contributed by atoms with Crippen molar-refractivity contribution < 1.29 is 9.18 Å². The van der Waals surface area contributed by atoms with Gasteiger partial charge >= 0.3 is 0 Å². The highest BCUT2D eigenvalue weighted by molar-refractivity contribution is 9.10. The van der Waals surface area contributed by atoms with Crippen LogP contribution in [0.3, 0.4) is 0 Å². The number of hydrogen-bond donors (Lipinski definition) is 1. The lowest BCUT2D eigenvalue weighted by molar-refractivity contribution is 0.0573. The van der Waals surface area contributed by atoms with Crippen LogP contribution in [0.15, 0.2) is 22.7 Å². The highest BCUT2D eigenvalue weighted by Crippen LogP contribution is 2.29. The fraction of sp³-hybridized carbons (Fsp3) is 0.500. The van der Waals surface area contributed by atoms with Crippen molar-refractivity contribution in [3.63, 3.8) is 0 Å². The first-order valence-corrected chi connectivity index (χ1v) is 7.43. The van der Waals surface area contributed by atoms with Crippen molar-refractivity contribution in [1.29, 1.82) is 0 Å². The van der Waals surface area contributed by atoms with Crippen LogP contribution in [0.4, 0.5) is 4.39 Å². The number of likely N-dealkylation sites (tertiary alicyclic amines) is 1. The van der Waals surface area contributed by atoms with Crippen molar-refractivity contribution in [2.75, 3.05) is 19.6 Å². The third-order valence-corrected chi connectivity index (χ3v) is 4.93. The molecule has 1 aromatic carbocycles. The van der Waals surface area contributed by atoms with E-state index < -0.39 is 0 Å². The highest BCUT2D eigenvalue weighted by Gasteiger charge is 2.38. The summed E-state index contributed by atoms with van der Waals surface area (Å²) >= 11 is 3.18. The van der Waals surface area contributed by atoms with E-state index >= 15 is 0 Å². The number of benzene rings is 1. The molecule has 2 saturated heterocycles. The molecule has 2 fully saturated rings. The van der Waals surface area contributed by atoms with Crippen LogP contribution in [0.25, 0.3) is 0 Å². The first-order chi connectivity index (χ1) is 9.18. The van der Waals surface area contributed by atoms with Gasteiger partial charge in [0, 0.05) is 25.7 Å². The maximum absolute atomic E-state index is 13.5. The lowest BCUT2D eigenvalue weighted by Crippen LogP contribution is -2.48. The topological polar surface area (TPSA) is 32.3 Å². The van der Waals surface area contributed by atoms with Crippen molar-refractivity contribution in [3.8, 4) is 0 Å². The van der Waals surface area contributed by atoms with Gasteiger partial charge in [-0.15, -0.1) is 0 Å². The molecule has 0 aromatic heterocycles. The molecular formula is C14H16BrFN2O. The minimum atomic E-state index is -0.385. The normalized spacial score (nSPS) is 26.3. The van der Waals surface area contributed by atoms with Gasteiger partial charge in [0.2, 0.25) is 0 Å². The van der Waals surface area contributed by atoms with Crippen LogP contribution in [0.5, 0.6) is 0 Å². The second kappa shape index (κ2) is 5.21. The number of rotatable bonds is 1. The number of carbonyl (C=O) groups excluding carboxylic acids is 1. The Balaban J connectivity index is 1.88. The minimum Gasteiger partial charge on any atom is -0.334 e. The van der Waals surface area contributed by atoms with Gasteiger partial charge in [0.25, 0.3) is 5.91 Å². The molecule has 0 bridgehead atoms. The Morgan fingerprint density at radius 1 is 1.42 bits per heavy atom. The average Bonchev–Trinajstić information content (AvgIpc) is 2.89. The summed E-state index contributed by atoms with van der Waals surface area (Å²) in [5.41, 5.74) is 0.424. The van der Waals surface area contributed by atoms with Gasteiger partial charge in [0.15, 0.2) is 0 Å². The highest BCUT2D eigenvalue weighted by atomic mass is 79.9. The van der Waals surface area contributed by atoms with Crippen LogP contribution in [0.1, 0.15) is 23.2 Å². The van der Waals surface area contributed by atoms with Crippen LogP contribution in [0, 0.1) is 11.7 Å². The van der Waals surface area contributed by atoms with Gasteiger partial charge in [0.05, 0.1) is 10.0 Å². The molecule has 19 heavy (non-hydrogen) atoms. The fourth-order valence-electron chi connectivity index (χ4n) is 3.14. The molecule has 2 atom stereocenters. The van der Waals surface area contributed by atoms with E-state index in [-0.39, 0.29) is 22.2 Å². The van der Waals surface area contributed by atoms with E-state index in [9.17, 15) is 9.18 Å². The van der Waals surface area contributed by atoms with E-state index in [4.69, 9.17) is 0 Å². The van der Waals surface area contributed by atoms with Crippen LogP contribution in [-0.2, 0) is 0 Å². The minimum absolute atomic E-state index is 0.0650. The Kier molecular flexibility index (Phi) is 3.58. The predicted octanol–water partition coefficient (Wildman–Crippen LogP) is 2.41. The summed E-state index contributed by atoms with van der Waals surface area (Å²) in [6, 6.07) is 4.89. The van der Waals surface area contributed by atoms with E-state index in [0.29, 0.717) is 11.5 Å². The molecule has 2 aliphatic heterocycles. The molecule has 2 heterocycles. The first kappa shape index (κ1) is 13.1. The number of halogens is 2. The van der Waals surface area contributed by atoms with Crippen LogP contribution in [0.2, 0.25) is 0 Å². The van der Waals surface area contributed by atoms with E-state index in [1.807, 2.05) is 4.90 Å². The number of amides is 1. The third-order valence-electron chi connectivity index (χ3n) is 4.12. The monoisotopic (exact) mass is 326 g/mol. The summed E-state index contributed by atoms with van der Waals surface area (Å²) in [6.45, 7) is 2.60. The average molecular weight is 327 g/mol. The first-order valence-electron chi connectivity index (χ1n) is 6.64. The second-order valence-corrected chi connectivity index (χ2v) is 6.02. The molecule has 2 aliphatic rings. The zero-order chi connectivity index (χ0) is 13.4. The molecule has 3 rings (SSSR count). The van der Waals surface area contributed by atoms with Crippen molar-refractivity contribution in [2.24, 2.45) is 5.92 Å². The summed E-state index contributed by atoms with van der Waals surface area (Å²) < 4.78 is 13.8. The lowest BCUT2D eigenvalue weighted by atomic mass is 9.91. The number of piperidine rings is 1. The van der Waals surface area contributed by atoms with Crippen LogP contribution in [-0.4, -0.2) is 36.5 Å². The number of nitrogens with zero attached hydrogens (tertiary/aromatic N) is 1. The predicted molar refractivity (Wildman–Crippen MR) is 74.5 cm³/mol. The number of hydrogen-bond acceptors (Lipinski definition) is 2. The Morgan fingerprint density at radius 3 is 3.11 bits per heavy atom. The van der Waals surface area contributed by atoms with Gasteiger partial charge in [-0.3, -0.25) is 4.79 Å². The zero-order valence-electron chi connectivity index (χ0n) is 10.5. The van der Waals surface area contributed by atoms with Crippen molar-refractivity contribution >= 4 is 21.8 Å². The summed E-state index contributed by atoms with van der Waals surface area (Å²) in [7, 11) is 0. The summed E-state index contributed by atoms with van der Waals surface area (Å²) in [4.78, 5) is 14.5. The molecule has 0 saturated carbocycles. The maximum atomic E-state index is 13.5. The molecule has 0 radical (unpaired) electrons. The molecular weight excluding hydrogens is 311 g/mol. The van der Waals surface area contributed by atoms with Gasteiger partial charge < -0.3 is 10.2 Å². The molecule has 1 N–H and O–H groups in total. The summed E-state index contributed by atoms with van der Waals surface area (Å²) in [5, 5.41) is 3.35. The molecule has 1 amide bonds. The van der Waals surface area contributed by atoms with E-state index in [1.54, 1.807) is 12.1 Å². The summed E-state index contributed by atoms with van der Waals surface area (Å²) in [5.74, 6) is 0.0961. The Morgan fingerprint density at radius 2 is 2.26 bits per heavy atom. The van der Waals surface area contributed by atoms with Gasteiger partial charge in [0.1, 0.15) is 5.82 Å². The Hall–Kier alpha value is -0.940. The quantitative estimate of drug-likeness (QED) is 0.859. The molecule has 1 aromatic rings. The molecule has 102 valence electrons. The van der Waals surface area contributed by atoms with E-state index in [0.717, 1.165) is 26.1 Å². The Bertz CT molecular complexity index is 508. The van der Waals surface area contributed by atoms with Gasteiger partial charge in [-0.2, -0.15) is 0 Å². The van der Waals surface area contributed by atoms with Crippen molar-refractivity contribution in [3.05, 3.63) is 34.1 Å². The lowest BCUT2D eigenvalue weighted by Gasteiger charge is -2.37. The molecule has 3 nitrogen and oxygen atoms in total. The maximum Gasteiger partial charge on any atom is 0.255 e.